The van der Waals surface area contributed by atoms with E-state index in [1.54, 1.807) is 19.2 Å². The number of nitrogens with two attached hydrogens (primary N) is 1. The van der Waals surface area contributed by atoms with Crippen molar-refractivity contribution in [2.75, 3.05) is 33.7 Å². The number of ether oxygens (including phenoxy) is 4. The molecule has 2 aliphatic heterocycles. The van der Waals surface area contributed by atoms with Crippen molar-refractivity contribution >= 4 is 0 Å². The van der Waals surface area contributed by atoms with E-state index in [1.165, 1.54) is 0 Å². The summed E-state index contributed by atoms with van der Waals surface area (Å²) in [6.07, 6.45) is 0.0138. The summed E-state index contributed by atoms with van der Waals surface area (Å²) in [5, 5.41) is 10.7. The van der Waals surface area contributed by atoms with Gasteiger partial charge in [0.1, 0.15) is 0 Å². The first kappa shape index (κ1) is 13.5. The number of aliphatic hydroxyl groups excluding tert-OH is 1. The number of hydrogen-bond acceptors (Lipinski definition) is 6. The van der Waals surface area contributed by atoms with Gasteiger partial charge in [-0.3, -0.25) is 0 Å². The molecule has 1 aromatic carbocycles. The van der Waals surface area contributed by atoms with E-state index in [0.29, 0.717) is 42.6 Å². The molecule has 0 amide bonds. The molecule has 2 heterocycles. The zero-order chi connectivity index (χ0) is 14.2. The maximum Gasteiger partial charge on any atom is 0.231 e. The number of fused-ring (bicyclic) bond motifs is 1. The van der Waals surface area contributed by atoms with Crippen LogP contribution in [0, 0.1) is 5.41 Å². The minimum absolute atomic E-state index is 0.163. The molecule has 110 valence electrons. The first-order chi connectivity index (χ1) is 9.70. The third-order valence-electron chi connectivity index (χ3n) is 4.12. The molecule has 6 nitrogen and oxygen atoms in total. The minimum Gasteiger partial charge on any atom is -0.493 e. The lowest BCUT2D eigenvalue weighted by Gasteiger charge is -2.31. The van der Waals surface area contributed by atoms with Gasteiger partial charge in [-0.1, -0.05) is 0 Å². The Kier molecular flexibility index (Phi) is 3.45. The lowest BCUT2D eigenvalue weighted by Crippen LogP contribution is -2.37. The molecule has 1 fully saturated rings. The second-order valence-corrected chi connectivity index (χ2v) is 5.23. The summed E-state index contributed by atoms with van der Waals surface area (Å²) in [5.41, 5.74) is 6.13. The molecular weight excluding hydrogens is 262 g/mol. The van der Waals surface area contributed by atoms with E-state index in [1.807, 2.05) is 0 Å². The van der Waals surface area contributed by atoms with Crippen LogP contribution < -0.4 is 19.9 Å². The molecule has 0 bridgehead atoms. The summed E-state index contributed by atoms with van der Waals surface area (Å²) in [5.74, 6) is 1.72. The van der Waals surface area contributed by atoms with Gasteiger partial charge in [0, 0.05) is 18.6 Å². The molecule has 0 radical (unpaired) electrons. The Morgan fingerprint density at radius 3 is 2.95 bits per heavy atom. The van der Waals surface area contributed by atoms with Crippen LogP contribution in [0.25, 0.3) is 0 Å². The van der Waals surface area contributed by atoms with Gasteiger partial charge in [-0.05, 0) is 24.1 Å². The molecule has 2 aliphatic rings. The predicted molar refractivity (Wildman–Crippen MR) is 71.0 cm³/mol. The molecule has 2 unspecified atom stereocenters. The van der Waals surface area contributed by atoms with Gasteiger partial charge in [0.2, 0.25) is 12.5 Å². The van der Waals surface area contributed by atoms with Gasteiger partial charge in [-0.2, -0.15) is 0 Å². The maximum atomic E-state index is 10.7. The average Bonchev–Trinajstić information content (AvgIpc) is 3.14. The lowest BCUT2D eigenvalue weighted by atomic mass is 9.78. The molecule has 1 saturated heterocycles. The highest BCUT2D eigenvalue weighted by Gasteiger charge is 2.42. The minimum atomic E-state index is -0.724. The van der Waals surface area contributed by atoms with Crippen molar-refractivity contribution in [2.24, 2.45) is 11.1 Å². The van der Waals surface area contributed by atoms with E-state index < -0.39 is 11.5 Å². The number of aliphatic hydroxyl groups is 1. The number of methoxy groups -OCH3 is 1. The second-order valence-electron chi connectivity index (χ2n) is 5.23. The van der Waals surface area contributed by atoms with Crippen molar-refractivity contribution in [3.8, 4) is 17.2 Å². The Bertz CT molecular complexity index is 499. The van der Waals surface area contributed by atoms with Crippen LogP contribution in [-0.2, 0) is 4.74 Å². The van der Waals surface area contributed by atoms with Crippen molar-refractivity contribution in [3.63, 3.8) is 0 Å². The third-order valence-corrected chi connectivity index (χ3v) is 4.12. The molecule has 6 heteroatoms. The Labute approximate surface area is 117 Å². The Balaban J connectivity index is 1.97. The zero-order valence-electron chi connectivity index (χ0n) is 11.4. The Morgan fingerprint density at radius 1 is 1.45 bits per heavy atom. The molecule has 2 atom stereocenters. The SMILES string of the molecule is COc1cc(C(O)C2(CN)CCOC2)cc2c1OCO2. The number of benzene rings is 1. The van der Waals surface area contributed by atoms with Crippen molar-refractivity contribution in [3.05, 3.63) is 17.7 Å². The van der Waals surface area contributed by atoms with Crippen LogP contribution in [0.1, 0.15) is 18.1 Å². The van der Waals surface area contributed by atoms with Gasteiger partial charge in [-0.25, -0.2) is 0 Å². The van der Waals surface area contributed by atoms with Crippen molar-refractivity contribution in [1.29, 1.82) is 0 Å². The summed E-state index contributed by atoms with van der Waals surface area (Å²) < 4.78 is 21.5. The van der Waals surface area contributed by atoms with Crippen LogP contribution in [0.4, 0.5) is 0 Å². The summed E-state index contributed by atoms with van der Waals surface area (Å²) in [7, 11) is 1.56. The molecule has 0 aromatic heterocycles. The Morgan fingerprint density at radius 2 is 2.30 bits per heavy atom. The molecule has 0 saturated carbocycles. The highest BCUT2D eigenvalue weighted by molar-refractivity contribution is 5.55. The van der Waals surface area contributed by atoms with Gasteiger partial charge in [0.05, 0.1) is 19.8 Å². The summed E-state index contributed by atoms with van der Waals surface area (Å²) in [6.45, 7) is 1.61. The quantitative estimate of drug-likeness (QED) is 0.850. The van der Waals surface area contributed by atoms with Crippen LogP contribution in [0.5, 0.6) is 17.2 Å². The van der Waals surface area contributed by atoms with E-state index in [9.17, 15) is 5.11 Å². The second kappa shape index (κ2) is 5.12. The topological polar surface area (TPSA) is 83.2 Å². The van der Waals surface area contributed by atoms with E-state index in [0.717, 1.165) is 6.42 Å². The summed E-state index contributed by atoms with van der Waals surface area (Å²) in [6, 6.07) is 3.55. The van der Waals surface area contributed by atoms with Crippen molar-refractivity contribution in [2.45, 2.75) is 12.5 Å². The third kappa shape index (κ3) is 2.00. The van der Waals surface area contributed by atoms with Crippen molar-refractivity contribution < 1.29 is 24.1 Å². The molecular formula is C14H19NO5. The van der Waals surface area contributed by atoms with Crippen LogP contribution in [0.3, 0.4) is 0 Å². The van der Waals surface area contributed by atoms with Crippen LogP contribution in [0.15, 0.2) is 12.1 Å². The fourth-order valence-electron chi connectivity index (χ4n) is 2.77. The highest BCUT2D eigenvalue weighted by Crippen LogP contribution is 2.47. The number of rotatable bonds is 4. The average molecular weight is 281 g/mol. The normalized spacial score (nSPS) is 25.8. The van der Waals surface area contributed by atoms with Gasteiger partial charge in [0.25, 0.3) is 0 Å². The van der Waals surface area contributed by atoms with Gasteiger partial charge in [0.15, 0.2) is 11.5 Å². The summed E-state index contributed by atoms with van der Waals surface area (Å²) in [4.78, 5) is 0. The number of hydrogen-bond donors (Lipinski definition) is 2. The summed E-state index contributed by atoms with van der Waals surface area (Å²) >= 11 is 0. The van der Waals surface area contributed by atoms with Crippen LogP contribution >= 0.6 is 0 Å². The fourth-order valence-corrected chi connectivity index (χ4v) is 2.77. The lowest BCUT2D eigenvalue weighted by molar-refractivity contribution is 0.0188. The van der Waals surface area contributed by atoms with E-state index in [-0.39, 0.29) is 6.79 Å². The highest BCUT2D eigenvalue weighted by atomic mass is 16.7. The first-order valence-corrected chi connectivity index (χ1v) is 6.63. The first-order valence-electron chi connectivity index (χ1n) is 6.63. The fraction of sp³-hybridized carbons (Fsp3) is 0.571. The smallest absolute Gasteiger partial charge is 0.231 e. The van der Waals surface area contributed by atoms with E-state index >= 15 is 0 Å². The zero-order valence-corrected chi connectivity index (χ0v) is 11.4. The van der Waals surface area contributed by atoms with Gasteiger partial charge >= 0.3 is 0 Å². The standard InChI is InChI=1S/C14H19NO5/c1-17-10-4-9(5-11-12(10)20-8-19-11)13(16)14(6-15)2-3-18-7-14/h4-5,13,16H,2-3,6-8,15H2,1H3. The predicted octanol–water partition coefficient (Wildman–Crippen LogP) is 0.823. The van der Waals surface area contributed by atoms with Crippen LogP contribution in [0.2, 0.25) is 0 Å². The van der Waals surface area contributed by atoms with E-state index in [4.69, 9.17) is 24.7 Å². The molecule has 0 spiro atoms. The van der Waals surface area contributed by atoms with Gasteiger partial charge < -0.3 is 29.8 Å². The monoisotopic (exact) mass is 281 g/mol. The van der Waals surface area contributed by atoms with Gasteiger partial charge in [-0.15, -0.1) is 0 Å². The van der Waals surface area contributed by atoms with Crippen LogP contribution in [-0.4, -0.2) is 38.8 Å². The molecule has 20 heavy (non-hydrogen) atoms. The molecule has 0 aliphatic carbocycles. The Hall–Kier alpha value is -1.50. The maximum absolute atomic E-state index is 10.7. The molecule has 3 N–H and O–H groups in total. The molecule has 3 rings (SSSR count). The van der Waals surface area contributed by atoms with Crippen molar-refractivity contribution in [1.82, 2.24) is 0 Å². The molecule has 1 aromatic rings. The largest absolute Gasteiger partial charge is 0.493 e. The van der Waals surface area contributed by atoms with E-state index in [2.05, 4.69) is 0 Å².